The summed E-state index contributed by atoms with van der Waals surface area (Å²) in [7, 11) is 1.40. The SMILES string of the molecule is COc1ccc(O[C@H](C)C(=O)Nc2ccc3c(c2)OCO3)c([N+](=O)[O-])c1. The highest BCUT2D eigenvalue weighted by molar-refractivity contribution is 5.94. The molecule has 0 saturated carbocycles. The van der Waals surface area contributed by atoms with E-state index < -0.39 is 16.9 Å². The second-order valence-corrected chi connectivity index (χ2v) is 5.41. The highest BCUT2D eigenvalue weighted by Gasteiger charge is 2.23. The fourth-order valence-electron chi connectivity index (χ4n) is 2.33. The minimum absolute atomic E-state index is 0.0239. The van der Waals surface area contributed by atoms with Gasteiger partial charge in [0.25, 0.3) is 5.91 Å². The molecule has 136 valence electrons. The van der Waals surface area contributed by atoms with Crippen LogP contribution in [0.3, 0.4) is 0 Å². The first-order valence-electron chi connectivity index (χ1n) is 7.67. The largest absolute Gasteiger partial charge is 0.496 e. The van der Waals surface area contributed by atoms with Crippen molar-refractivity contribution in [1.82, 2.24) is 0 Å². The maximum atomic E-state index is 12.3. The molecule has 1 heterocycles. The fraction of sp³-hybridized carbons (Fsp3) is 0.235. The van der Waals surface area contributed by atoms with Gasteiger partial charge in [0.1, 0.15) is 5.75 Å². The number of nitrogens with one attached hydrogen (secondary N) is 1. The standard InChI is InChI=1S/C17H16N2O7/c1-10(26-14-6-4-12(23-2)8-13(14)19(21)22)17(20)18-11-3-5-15-16(7-11)25-9-24-15/h3-8,10H,9H2,1-2H3,(H,18,20)/t10-/m1/s1. The molecule has 0 aliphatic carbocycles. The number of benzene rings is 2. The molecule has 0 aromatic heterocycles. The predicted molar refractivity (Wildman–Crippen MR) is 90.9 cm³/mol. The molecule has 0 unspecified atom stereocenters. The van der Waals surface area contributed by atoms with Crippen LogP contribution in [0.15, 0.2) is 36.4 Å². The summed E-state index contributed by atoms with van der Waals surface area (Å²) in [6, 6.07) is 9.11. The summed E-state index contributed by atoms with van der Waals surface area (Å²) in [4.78, 5) is 22.9. The molecule has 3 rings (SSSR count). The third-order valence-corrected chi connectivity index (χ3v) is 3.68. The molecule has 2 aromatic rings. The third-order valence-electron chi connectivity index (χ3n) is 3.68. The molecule has 1 aliphatic heterocycles. The van der Waals surface area contributed by atoms with Crippen molar-refractivity contribution in [3.63, 3.8) is 0 Å². The lowest BCUT2D eigenvalue weighted by Crippen LogP contribution is -2.30. The highest BCUT2D eigenvalue weighted by Crippen LogP contribution is 2.34. The summed E-state index contributed by atoms with van der Waals surface area (Å²) >= 11 is 0. The first kappa shape index (κ1) is 17.3. The molecule has 26 heavy (non-hydrogen) atoms. The molecule has 1 atom stereocenters. The number of carbonyl (C=O) groups is 1. The van der Waals surface area contributed by atoms with Gasteiger partial charge in [-0.05, 0) is 31.2 Å². The number of nitro groups is 1. The second kappa shape index (κ2) is 7.18. The number of hydrogen-bond acceptors (Lipinski definition) is 7. The van der Waals surface area contributed by atoms with Gasteiger partial charge in [-0.1, -0.05) is 0 Å². The van der Waals surface area contributed by atoms with Crippen LogP contribution in [-0.2, 0) is 4.79 Å². The number of carbonyl (C=O) groups excluding carboxylic acids is 1. The lowest BCUT2D eigenvalue weighted by atomic mass is 10.2. The van der Waals surface area contributed by atoms with Gasteiger partial charge in [0, 0.05) is 11.8 Å². The van der Waals surface area contributed by atoms with Crippen molar-refractivity contribution in [2.75, 3.05) is 19.2 Å². The van der Waals surface area contributed by atoms with E-state index in [1.54, 1.807) is 18.2 Å². The van der Waals surface area contributed by atoms with Gasteiger partial charge in [-0.15, -0.1) is 0 Å². The van der Waals surface area contributed by atoms with E-state index >= 15 is 0 Å². The summed E-state index contributed by atoms with van der Waals surface area (Å²) in [5.41, 5.74) is 0.214. The Bertz CT molecular complexity index is 853. The Morgan fingerprint density at radius 1 is 1.23 bits per heavy atom. The van der Waals surface area contributed by atoms with Crippen LogP contribution in [0, 0.1) is 10.1 Å². The zero-order valence-corrected chi connectivity index (χ0v) is 14.1. The van der Waals surface area contributed by atoms with Crippen molar-refractivity contribution in [3.05, 3.63) is 46.5 Å². The van der Waals surface area contributed by atoms with Crippen molar-refractivity contribution >= 4 is 17.3 Å². The molecule has 0 fully saturated rings. The third kappa shape index (κ3) is 3.61. The zero-order chi connectivity index (χ0) is 18.7. The molecular weight excluding hydrogens is 344 g/mol. The van der Waals surface area contributed by atoms with E-state index in [1.807, 2.05) is 0 Å². The van der Waals surface area contributed by atoms with E-state index in [-0.39, 0.29) is 18.2 Å². The summed E-state index contributed by atoms with van der Waals surface area (Å²) in [6.07, 6.45) is -0.965. The molecule has 0 spiro atoms. The van der Waals surface area contributed by atoms with Crippen molar-refractivity contribution < 1.29 is 28.7 Å². The topological polar surface area (TPSA) is 109 Å². The first-order chi connectivity index (χ1) is 12.5. The number of amides is 1. The van der Waals surface area contributed by atoms with E-state index in [0.29, 0.717) is 22.9 Å². The smallest absolute Gasteiger partial charge is 0.314 e. The van der Waals surface area contributed by atoms with E-state index in [0.717, 1.165) is 0 Å². The Morgan fingerprint density at radius 2 is 2.00 bits per heavy atom. The quantitative estimate of drug-likeness (QED) is 0.623. The molecule has 9 nitrogen and oxygen atoms in total. The van der Waals surface area contributed by atoms with Crippen LogP contribution >= 0.6 is 0 Å². The summed E-state index contributed by atoms with van der Waals surface area (Å²) in [5.74, 6) is 0.961. The maximum Gasteiger partial charge on any atom is 0.314 e. The Morgan fingerprint density at radius 3 is 2.73 bits per heavy atom. The molecule has 1 N–H and O–H groups in total. The number of hydrogen-bond donors (Lipinski definition) is 1. The summed E-state index contributed by atoms with van der Waals surface area (Å²) < 4.78 is 20.9. The van der Waals surface area contributed by atoms with Crippen molar-refractivity contribution in [2.24, 2.45) is 0 Å². The van der Waals surface area contributed by atoms with Gasteiger partial charge in [0.05, 0.1) is 18.1 Å². The van der Waals surface area contributed by atoms with Gasteiger partial charge < -0.3 is 24.3 Å². The van der Waals surface area contributed by atoms with Crippen molar-refractivity contribution in [2.45, 2.75) is 13.0 Å². The number of anilines is 1. The fourth-order valence-corrected chi connectivity index (χ4v) is 2.33. The van der Waals surface area contributed by atoms with Crippen molar-refractivity contribution in [3.8, 4) is 23.0 Å². The van der Waals surface area contributed by atoms with Crippen LogP contribution in [0.25, 0.3) is 0 Å². The molecule has 0 radical (unpaired) electrons. The van der Waals surface area contributed by atoms with Gasteiger partial charge in [-0.25, -0.2) is 0 Å². The minimum Gasteiger partial charge on any atom is -0.496 e. The normalized spacial score (nSPS) is 13.0. The summed E-state index contributed by atoms with van der Waals surface area (Å²) in [5, 5.41) is 13.9. The number of methoxy groups -OCH3 is 1. The molecule has 1 amide bonds. The highest BCUT2D eigenvalue weighted by atomic mass is 16.7. The average molecular weight is 360 g/mol. The van der Waals surface area contributed by atoms with Crippen LogP contribution in [-0.4, -0.2) is 30.8 Å². The van der Waals surface area contributed by atoms with E-state index in [4.69, 9.17) is 18.9 Å². The molecule has 0 bridgehead atoms. The summed E-state index contributed by atoms with van der Waals surface area (Å²) in [6.45, 7) is 1.63. The zero-order valence-electron chi connectivity index (χ0n) is 14.1. The number of fused-ring (bicyclic) bond motifs is 1. The molecule has 2 aromatic carbocycles. The predicted octanol–water partition coefficient (Wildman–Crippen LogP) is 2.74. The Kier molecular flexibility index (Phi) is 4.78. The van der Waals surface area contributed by atoms with Crippen LogP contribution in [0.2, 0.25) is 0 Å². The van der Waals surface area contributed by atoms with Gasteiger partial charge in [-0.3, -0.25) is 14.9 Å². The van der Waals surface area contributed by atoms with Gasteiger partial charge in [-0.2, -0.15) is 0 Å². The van der Waals surface area contributed by atoms with Gasteiger partial charge >= 0.3 is 5.69 Å². The minimum atomic E-state index is -0.965. The van der Waals surface area contributed by atoms with Crippen molar-refractivity contribution in [1.29, 1.82) is 0 Å². The first-order valence-corrected chi connectivity index (χ1v) is 7.67. The Labute approximate surface area is 148 Å². The van der Waals surface area contributed by atoms with E-state index in [9.17, 15) is 14.9 Å². The van der Waals surface area contributed by atoms with E-state index in [2.05, 4.69) is 5.32 Å². The van der Waals surface area contributed by atoms with Crippen LogP contribution in [0.5, 0.6) is 23.0 Å². The Balaban J connectivity index is 1.70. The Hall–Kier alpha value is -3.49. The second-order valence-electron chi connectivity index (χ2n) is 5.41. The molecule has 1 aliphatic rings. The monoisotopic (exact) mass is 360 g/mol. The number of nitro benzene ring substituents is 1. The lowest BCUT2D eigenvalue weighted by Gasteiger charge is -2.15. The maximum absolute atomic E-state index is 12.3. The number of rotatable bonds is 6. The number of ether oxygens (including phenoxy) is 4. The van der Waals surface area contributed by atoms with Crippen LogP contribution in [0.1, 0.15) is 6.92 Å². The molecular formula is C17H16N2O7. The number of nitrogens with zero attached hydrogens (tertiary/aromatic N) is 1. The van der Waals surface area contributed by atoms with Gasteiger partial charge in [0.2, 0.25) is 6.79 Å². The molecule has 0 saturated heterocycles. The molecule has 9 heteroatoms. The van der Waals surface area contributed by atoms with Crippen LogP contribution < -0.4 is 24.3 Å². The van der Waals surface area contributed by atoms with Crippen LogP contribution in [0.4, 0.5) is 11.4 Å². The van der Waals surface area contributed by atoms with E-state index in [1.165, 1.54) is 32.2 Å². The average Bonchev–Trinajstić information content (AvgIpc) is 3.09. The van der Waals surface area contributed by atoms with Gasteiger partial charge in [0.15, 0.2) is 23.4 Å². The lowest BCUT2D eigenvalue weighted by molar-refractivity contribution is -0.386.